The lowest BCUT2D eigenvalue weighted by Crippen LogP contribution is -2.32. The van der Waals surface area contributed by atoms with Crippen molar-refractivity contribution >= 4 is 55.0 Å². The maximum absolute atomic E-state index is 12.6. The molecule has 3 rings (SSSR count). The molecule has 0 radical (unpaired) electrons. The van der Waals surface area contributed by atoms with E-state index in [1.165, 1.54) is 11.3 Å². The van der Waals surface area contributed by atoms with Crippen molar-refractivity contribution in [3.05, 3.63) is 50.2 Å². The quantitative estimate of drug-likeness (QED) is 0.632. The zero-order chi connectivity index (χ0) is 19.7. The number of anilines is 1. The molecule has 2 heterocycles. The number of carbonyl (C=O) groups excluding carboxylic acids is 2. The van der Waals surface area contributed by atoms with Crippen LogP contribution in [-0.2, 0) is 4.79 Å². The van der Waals surface area contributed by atoms with Crippen LogP contribution < -0.4 is 10.6 Å². The molecule has 8 heteroatoms. The largest absolute Gasteiger partial charge is 0.342 e. The highest BCUT2D eigenvalue weighted by atomic mass is 79.9. The molecule has 0 atom stereocenters. The summed E-state index contributed by atoms with van der Waals surface area (Å²) < 4.78 is 0.945. The molecule has 0 fully saturated rings. The molecule has 140 valence electrons. The van der Waals surface area contributed by atoms with Gasteiger partial charge in [0.1, 0.15) is 10.7 Å². The summed E-state index contributed by atoms with van der Waals surface area (Å²) in [6.45, 7) is 7.42. The minimum Gasteiger partial charge on any atom is -0.342 e. The lowest BCUT2D eigenvalue weighted by molar-refractivity contribution is -0.115. The summed E-state index contributed by atoms with van der Waals surface area (Å²) in [5.74, 6) is 0.118. The van der Waals surface area contributed by atoms with Crippen LogP contribution in [0.5, 0.6) is 0 Å². The zero-order valence-electron chi connectivity index (χ0n) is 15.4. The van der Waals surface area contributed by atoms with Gasteiger partial charge in [-0.3, -0.25) is 9.59 Å². The highest BCUT2D eigenvalue weighted by Crippen LogP contribution is 2.31. The van der Waals surface area contributed by atoms with Crippen LogP contribution in [0.1, 0.15) is 32.3 Å². The molecule has 2 N–H and O–H groups in total. The van der Waals surface area contributed by atoms with E-state index in [0.717, 1.165) is 37.2 Å². The molecule has 0 aliphatic carbocycles. The summed E-state index contributed by atoms with van der Waals surface area (Å²) >= 11 is 4.71. The second-order valence-electron chi connectivity index (χ2n) is 6.28. The van der Waals surface area contributed by atoms with Crippen LogP contribution in [0.2, 0.25) is 0 Å². The fourth-order valence-electron chi connectivity index (χ4n) is 2.89. The molecular formula is C19H19BrN4O2S. The first-order valence-corrected chi connectivity index (χ1v) is 9.95. The van der Waals surface area contributed by atoms with E-state index in [-0.39, 0.29) is 18.4 Å². The number of carbonyl (C=O) groups is 2. The summed E-state index contributed by atoms with van der Waals surface area (Å²) in [5, 5.41) is 6.40. The predicted octanol–water partition coefficient (Wildman–Crippen LogP) is 4.06. The van der Waals surface area contributed by atoms with E-state index in [2.05, 4.69) is 36.5 Å². The number of fused-ring (bicyclic) bond motifs is 1. The van der Waals surface area contributed by atoms with Gasteiger partial charge in [-0.1, -0.05) is 15.9 Å². The van der Waals surface area contributed by atoms with Gasteiger partial charge in [0.05, 0.1) is 11.4 Å². The lowest BCUT2D eigenvalue weighted by atomic mass is 10.1. The number of rotatable bonds is 4. The topological polar surface area (TPSA) is 84.0 Å². The first kappa shape index (κ1) is 19.4. The Morgan fingerprint density at radius 2 is 1.89 bits per heavy atom. The number of hydrogen-bond acceptors (Lipinski definition) is 5. The van der Waals surface area contributed by atoms with Crippen molar-refractivity contribution in [2.24, 2.45) is 0 Å². The third kappa shape index (κ3) is 4.17. The predicted molar refractivity (Wildman–Crippen MR) is 111 cm³/mol. The first-order chi connectivity index (χ1) is 12.8. The minimum absolute atomic E-state index is 0.105. The van der Waals surface area contributed by atoms with Crippen molar-refractivity contribution in [3.8, 4) is 0 Å². The summed E-state index contributed by atoms with van der Waals surface area (Å²) in [4.78, 5) is 34.9. The molecule has 0 unspecified atom stereocenters. The SMILES string of the molecule is Cc1nc(C)c2c(C)c(C(=O)NCC(=O)Nc3ccc(Br)cc3C)sc2n1. The maximum atomic E-state index is 12.6. The monoisotopic (exact) mass is 446 g/mol. The number of aromatic nitrogens is 2. The van der Waals surface area contributed by atoms with Crippen molar-refractivity contribution in [3.63, 3.8) is 0 Å². The van der Waals surface area contributed by atoms with E-state index in [9.17, 15) is 9.59 Å². The Hall–Kier alpha value is -2.32. The third-order valence-electron chi connectivity index (χ3n) is 4.16. The molecule has 1 aromatic carbocycles. The molecular weight excluding hydrogens is 428 g/mol. The van der Waals surface area contributed by atoms with Crippen LogP contribution in [0.3, 0.4) is 0 Å². The molecule has 0 saturated heterocycles. The lowest BCUT2D eigenvalue weighted by Gasteiger charge is -2.09. The second-order valence-corrected chi connectivity index (χ2v) is 8.20. The Balaban J connectivity index is 1.70. The van der Waals surface area contributed by atoms with Gasteiger partial charge in [-0.25, -0.2) is 9.97 Å². The molecule has 3 aromatic rings. The minimum atomic E-state index is -0.282. The number of aryl methyl sites for hydroxylation is 4. The number of amides is 2. The summed E-state index contributed by atoms with van der Waals surface area (Å²) in [5.41, 5.74) is 3.36. The van der Waals surface area contributed by atoms with Gasteiger partial charge in [0.15, 0.2) is 0 Å². The van der Waals surface area contributed by atoms with Gasteiger partial charge >= 0.3 is 0 Å². The zero-order valence-corrected chi connectivity index (χ0v) is 17.8. The first-order valence-electron chi connectivity index (χ1n) is 8.35. The standard InChI is InChI=1S/C19H19BrN4O2S/c1-9-7-13(20)5-6-14(9)24-15(25)8-21-18(26)17-10(2)16-11(3)22-12(4)23-19(16)27-17/h5-7H,8H2,1-4H3,(H,21,26)(H,24,25). The Bertz CT molecular complexity index is 1060. The molecule has 0 aliphatic heterocycles. The van der Waals surface area contributed by atoms with Gasteiger partial charge in [0.2, 0.25) is 5.91 Å². The summed E-state index contributed by atoms with van der Waals surface area (Å²) in [6, 6.07) is 5.59. The number of benzene rings is 1. The average molecular weight is 447 g/mol. The van der Waals surface area contributed by atoms with Crippen LogP contribution in [0.4, 0.5) is 5.69 Å². The molecule has 2 amide bonds. The van der Waals surface area contributed by atoms with Crippen molar-refractivity contribution in [2.75, 3.05) is 11.9 Å². The van der Waals surface area contributed by atoms with Gasteiger partial charge in [0, 0.05) is 21.2 Å². The number of nitrogens with one attached hydrogen (secondary N) is 2. The third-order valence-corrected chi connectivity index (χ3v) is 5.84. The van der Waals surface area contributed by atoms with E-state index in [4.69, 9.17) is 0 Å². The van der Waals surface area contributed by atoms with Gasteiger partial charge in [-0.2, -0.15) is 0 Å². The number of thiophene rings is 1. The fraction of sp³-hybridized carbons (Fsp3) is 0.263. The molecule has 2 aromatic heterocycles. The van der Waals surface area contributed by atoms with Crippen LogP contribution >= 0.6 is 27.3 Å². The van der Waals surface area contributed by atoms with E-state index in [1.807, 2.05) is 45.9 Å². The number of nitrogens with zero attached hydrogens (tertiary/aromatic N) is 2. The van der Waals surface area contributed by atoms with Gasteiger partial charge < -0.3 is 10.6 Å². The van der Waals surface area contributed by atoms with Crippen LogP contribution in [0, 0.1) is 27.7 Å². The highest BCUT2D eigenvalue weighted by molar-refractivity contribution is 9.10. The van der Waals surface area contributed by atoms with Crippen LogP contribution in [-0.4, -0.2) is 28.3 Å². The Kier molecular flexibility index (Phi) is 5.57. The van der Waals surface area contributed by atoms with Crippen molar-refractivity contribution < 1.29 is 9.59 Å². The summed E-state index contributed by atoms with van der Waals surface area (Å²) in [7, 11) is 0. The number of hydrogen-bond donors (Lipinski definition) is 2. The normalized spacial score (nSPS) is 10.9. The molecule has 6 nitrogen and oxygen atoms in total. The van der Waals surface area contributed by atoms with Crippen molar-refractivity contribution in [2.45, 2.75) is 27.7 Å². The second kappa shape index (κ2) is 7.74. The van der Waals surface area contributed by atoms with Crippen LogP contribution in [0.25, 0.3) is 10.2 Å². The summed E-state index contributed by atoms with van der Waals surface area (Å²) in [6.07, 6.45) is 0. The fourth-order valence-corrected chi connectivity index (χ4v) is 4.56. The van der Waals surface area contributed by atoms with E-state index >= 15 is 0 Å². The molecule has 27 heavy (non-hydrogen) atoms. The molecule has 0 bridgehead atoms. The van der Waals surface area contributed by atoms with E-state index in [0.29, 0.717) is 10.7 Å². The maximum Gasteiger partial charge on any atom is 0.262 e. The molecule has 0 spiro atoms. The smallest absolute Gasteiger partial charge is 0.262 e. The Labute approximate surface area is 169 Å². The van der Waals surface area contributed by atoms with Gasteiger partial charge in [0.25, 0.3) is 5.91 Å². The Morgan fingerprint density at radius 1 is 1.15 bits per heavy atom. The molecule has 0 saturated carbocycles. The highest BCUT2D eigenvalue weighted by Gasteiger charge is 2.19. The average Bonchev–Trinajstić information content (AvgIpc) is 2.92. The van der Waals surface area contributed by atoms with Crippen LogP contribution in [0.15, 0.2) is 22.7 Å². The van der Waals surface area contributed by atoms with Crippen molar-refractivity contribution in [1.82, 2.24) is 15.3 Å². The molecule has 0 aliphatic rings. The van der Waals surface area contributed by atoms with E-state index < -0.39 is 0 Å². The van der Waals surface area contributed by atoms with E-state index in [1.54, 1.807) is 0 Å². The van der Waals surface area contributed by atoms with Gasteiger partial charge in [-0.05, 0) is 57.0 Å². The Morgan fingerprint density at radius 3 is 2.59 bits per heavy atom. The van der Waals surface area contributed by atoms with Crippen molar-refractivity contribution in [1.29, 1.82) is 0 Å². The number of halogens is 1. The van der Waals surface area contributed by atoms with Gasteiger partial charge in [-0.15, -0.1) is 11.3 Å².